The molecule has 0 radical (unpaired) electrons. The minimum absolute atomic E-state index is 0.00514. The minimum Gasteiger partial charge on any atom is -0.454 e. The molecule has 472 valence electrons. The molecule has 3 aliphatic rings. The second kappa shape index (κ2) is 29.1. The van der Waals surface area contributed by atoms with E-state index >= 15 is 0 Å². The summed E-state index contributed by atoms with van der Waals surface area (Å²) in [6.45, 7) is 6.24. The van der Waals surface area contributed by atoms with Crippen LogP contribution in [0.2, 0.25) is 0 Å². The quantitative estimate of drug-likeness (QED) is 0.0349. The fourth-order valence-electron chi connectivity index (χ4n) is 9.27. The molecule has 9 heterocycles. The number of aliphatic hydroxyl groups is 1. The largest absolute Gasteiger partial charge is 0.454 e. The van der Waals surface area contributed by atoms with Crippen molar-refractivity contribution >= 4 is 141 Å². The van der Waals surface area contributed by atoms with E-state index in [0.717, 1.165) is 33.2 Å². The number of aromatic nitrogens is 12. The van der Waals surface area contributed by atoms with Crippen molar-refractivity contribution in [3.63, 3.8) is 0 Å². The highest BCUT2D eigenvalue weighted by Crippen LogP contribution is 2.39. The number of fused-ring (bicyclic) bond motifs is 6. The topological polar surface area (TPSA) is 399 Å². The number of aliphatic hydroxyl groups excluding tert-OH is 1. The summed E-state index contributed by atoms with van der Waals surface area (Å²) in [5, 5.41) is 13.1. The number of anilines is 3. The molecule has 3 aliphatic heterocycles. The third-order valence-corrected chi connectivity index (χ3v) is 16.9. The van der Waals surface area contributed by atoms with E-state index in [1.165, 1.54) is 6.92 Å². The zero-order chi connectivity index (χ0) is 63.8. The van der Waals surface area contributed by atoms with Gasteiger partial charge >= 0.3 is 28.5 Å². The molecule has 0 bridgehead atoms. The first-order valence-electron chi connectivity index (χ1n) is 27.0. The summed E-state index contributed by atoms with van der Waals surface area (Å²) < 4.78 is 107. The van der Waals surface area contributed by atoms with Gasteiger partial charge in [0, 0.05) is 62.5 Å². The molecule has 0 spiro atoms. The van der Waals surface area contributed by atoms with Gasteiger partial charge < -0.3 is 74.4 Å². The molecular weight excluding hydrogens is 1530 g/mol. The molecule has 1 atom stereocenters. The molecule has 10 N–H and O–H groups in total. The van der Waals surface area contributed by atoms with Gasteiger partial charge in [0.25, 0.3) is 0 Å². The highest BCUT2D eigenvalue weighted by atomic mass is 127. The van der Waals surface area contributed by atoms with Crippen LogP contribution in [0.15, 0.2) is 36.4 Å². The average molecular weight is 1590 g/mol. The molecule has 1 unspecified atom stereocenters. The number of nitrogen functional groups attached to an aromatic ring is 3. The van der Waals surface area contributed by atoms with Gasteiger partial charge in [-0.3, -0.25) is 4.18 Å². The van der Waals surface area contributed by atoms with Gasteiger partial charge in [-0.1, -0.05) is 0 Å². The van der Waals surface area contributed by atoms with Crippen LogP contribution in [0.4, 0.5) is 30.6 Å². The molecule has 3 aromatic carbocycles. The number of imidazole rings is 3. The molecule has 0 fully saturated rings. The van der Waals surface area contributed by atoms with Gasteiger partial charge in [-0.15, -0.1) is 0 Å². The van der Waals surface area contributed by atoms with E-state index in [9.17, 15) is 31.2 Å². The number of halogens is 6. The Morgan fingerprint density at radius 2 is 1.01 bits per heavy atom. The Bertz CT molecular complexity index is 4260. The Kier molecular flexibility index (Phi) is 21.6. The van der Waals surface area contributed by atoms with E-state index < -0.39 is 34.6 Å². The second-order valence-electron chi connectivity index (χ2n) is 20.0. The number of carbonyl (C=O) groups excluding carboxylic acids is 2. The molecule has 12 rings (SSSR count). The number of nitrogens with zero attached hydrogens (tertiary/aromatic N) is 11. The number of aryl methyl sites for hydroxylation is 2. The summed E-state index contributed by atoms with van der Waals surface area (Å²) in [6.07, 6.45) is 1.03. The summed E-state index contributed by atoms with van der Waals surface area (Å²) in [5.74, 6) is 6.26. The van der Waals surface area contributed by atoms with Crippen molar-refractivity contribution in [3.05, 3.63) is 99.5 Å². The smallest absolute Gasteiger partial charge is 0.333 e. The molecule has 0 saturated heterocycles. The van der Waals surface area contributed by atoms with Crippen LogP contribution in [0.25, 0.3) is 33.5 Å². The van der Waals surface area contributed by atoms with Crippen molar-refractivity contribution in [2.75, 3.05) is 44.2 Å². The lowest BCUT2D eigenvalue weighted by atomic mass is 10.1. The van der Waals surface area contributed by atoms with Gasteiger partial charge in [0.2, 0.25) is 20.4 Å². The third-order valence-electron chi connectivity index (χ3n) is 13.3. The Hall–Kier alpha value is -7.34. The standard InChI is InChI=1S/C18H20FIN6O5S.C18H17FIN5O3.C13H9FIN5O2.C5H10O2/c1-9(31-32(22,27)28)3-2-4-26-14(23-15-16(21)24-18(19)25-17(15)26)6-10-5-12-13(7-11(10)20)30-8-29-12;1-9(26)3-2-4-25-14(22-15-16(21)23-18(19)24-17(15)25)6-10-5-12-13(7-11(10)20)28-8-27-12;14-13-19-11(16)10-12(20-13)18-9(17-10)2-5-1-7-8(3-6(5)15)22-4-21-7;1-5(7)3-2-4-6/h5,7,9H,2-4,6,8H2,1H3,(H2,21,24,25)(H2,22,27,28);5,7H,2-4,6,8H2,1H3,(H2,21,23,24);1,3H,2,4H2,(H3,16,17,18,19,20);6H,2-4H2,1H3. The number of ketones is 2. The number of rotatable bonds is 19. The first-order valence-corrected chi connectivity index (χ1v) is 31.7. The normalized spacial score (nSPS) is 13.0. The van der Waals surface area contributed by atoms with Crippen LogP contribution in [-0.4, -0.2) is 117 Å². The van der Waals surface area contributed by atoms with Gasteiger partial charge in [-0.05, 0) is 167 Å². The summed E-state index contributed by atoms with van der Waals surface area (Å²) in [4.78, 5) is 59.8. The summed E-state index contributed by atoms with van der Waals surface area (Å²) >= 11 is 6.65. The molecule has 0 aliphatic carbocycles. The first-order chi connectivity index (χ1) is 42.4. The number of Topliss-reactive ketones (excluding diaryl/α,β-unsaturated/α-hetero) is 2. The van der Waals surface area contributed by atoms with Crippen molar-refractivity contribution in [1.82, 2.24) is 59.0 Å². The number of carbonyl (C=O) groups is 2. The molecular formula is C54H56F3I3N16O12S. The molecule has 35 heteroatoms. The van der Waals surface area contributed by atoms with Gasteiger partial charge in [0.05, 0.1) is 6.10 Å². The third kappa shape index (κ3) is 16.9. The van der Waals surface area contributed by atoms with Gasteiger partial charge in [-0.2, -0.15) is 51.5 Å². The Labute approximate surface area is 545 Å². The Balaban J connectivity index is 0.000000152. The number of ether oxygens (including phenoxy) is 6. The lowest BCUT2D eigenvalue weighted by Gasteiger charge is -2.13. The molecule has 9 aromatic rings. The van der Waals surface area contributed by atoms with Crippen LogP contribution >= 0.6 is 67.8 Å². The minimum atomic E-state index is -4.04. The monoisotopic (exact) mass is 1590 g/mol. The fraction of sp³-hybridized carbons (Fsp3) is 0.352. The van der Waals surface area contributed by atoms with Crippen LogP contribution in [0.5, 0.6) is 34.5 Å². The SMILES string of the molecule is CC(=O)CCCO.CC(=O)CCCn1c(Cc2cc3c(cc2I)OCO3)nc2c(N)nc(F)nc21.CC(CCCn1c(Cc2cc3c(cc2I)OCO3)nc2c(N)nc(F)nc21)OS(N)(=O)=O.Nc1nc(F)nc2nc(Cc3cc4c(cc3I)OCO4)[nH]c12. The number of hydrogen-bond acceptors (Lipinski definition) is 24. The maximum absolute atomic E-state index is 13.9. The number of nitrogens with two attached hydrogens (primary N) is 4. The van der Waals surface area contributed by atoms with Crippen molar-refractivity contribution < 1.29 is 68.9 Å². The van der Waals surface area contributed by atoms with Crippen LogP contribution in [0.3, 0.4) is 0 Å². The number of H-pyrrole nitrogens is 1. The van der Waals surface area contributed by atoms with Gasteiger partial charge in [0.15, 0.2) is 79.9 Å². The van der Waals surface area contributed by atoms with E-state index in [2.05, 4.69) is 118 Å². The van der Waals surface area contributed by atoms with Crippen LogP contribution < -0.4 is 50.8 Å². The average Bonchev–Trinajstić information content (AvgIpc) is 1.97. The highest BCUT2D eigenvalue weighted by molar-refractivity contribution is 14.1. The van der Waals surface area contributed by atoms with Crippen molar-refractivity contribution in [2.45, 2.75) is 97.8 Å². The first kappa shape index (κ1) is 66.1. The zero-order valence-corrected chi connectivity index (χ0v) is 54.8. The van der Waals surface area contributed by atoms with Crippen LogP contribution in [0, 0.1) is 28.9 Å². The van der Waals surface area contributed by atoms with Crippen molar-refractivity contribution in [3.8, 4) is 34.5 Å². The van der Waals surface area contributed by atoms with Crippen molar-refractivity contribution in [1.29, 1.82) is 0 Å². The predicted molar refractivity (Wildman–Crippen MR) is 340 cm³/mol. The number of nitrogens with one attached hydrogen (secondary N) is 1. The van der Waals surface area contributed by atoms with E-state index in [1.54, 1.807) is 23.0 Å². The maximum Gasteiger partial charge on any atom is 0.333 e. The highest BCUT2D eigenvalue weighted by Gasteiger charge is 2.25. The molecule has 0 saturated carbocycles. The molecule has 0 amide bonds. The number of hydrogen-bond donors (Lipinski definition) is 6. The van der Waals surface area contributed by atoms with Crippen LogP contribution in [0.1, 0.15) is 93.5 Å². The fourth-order valence-corrected chi connectivity index (χ4v) is 11.7. The Morgan fingerprint density at radius 1 is 0.607 bits per heavy atom. The summed E-state index contributed by atoms with van der Waals surface area (Å²) in [6, 6.07) is 11.4. The van der Waals surface area contributed by atoms with E-state index in [0.29, 0.717) is 139 Å². The van der Waals surface area contributed by atoms with E-state index in [-0.39, 0.29) is 67.3 Å². The summed E-state index contributed by atoms with van der Waals surface area (Å²) in [7, 11) is -4.04. The molecule has 28 nitrogen and oxygen atoms in total. The van der Waals surface area contributed by atoms with Crippen LogP contribution in [-0.2, 0) is 56.4 Å². The number of aromatic amines is 1. The lowest BCUT2D eigenvalue weighted by molar-refractivity contribution is -0.118. The maximum atomic E-state index is 13.9. The van der Waals surface area contributed by atoms with Gasteiger partial charge in [-0.25, -0.2) is 20.1 Å². The van der Waals surface area contributed by atoms with Gasteiger partial charge in [0.1, 0.15) is 34.6 Å². The molecule has 6 aromatic heterocycles. The van der Waals surface area contributed by atoms with E-state index in [4.69, 9.17) is 60.1 Å². The summed E-state index contributed by atoms with van der Waals surface area (Å²) in [5.41, 5.74) is 22.2. The zero-order valence-electron chi connectivity index (χ0n) is 47.5. The predicted octanol–water partition coefficient (Wildman–Crippen LogP) is 7.05. The second-order valence-corrected chi connectivity index (χ2v) is 24.7. The van der Waals surface area contributed by atoms with E-state index in [1.807, 2.05) is 36.4 Å². The number of benzene rings is 3. The van der Waals surface area contributed by atoms with Crippen molar-refractivity contribution in [2.24, 2.45) is 5.14 Å². The Morgan fingerprint density at radius 3 is 1.44 bits per heavy atom. The molecule has 89 heavy (non-hydrogen) atoms. The lowest BCUT2D eigenvalue weighted by Crippen LogP contribution is -2.22.